The van der Waals surface area contributed by atoms with Crippen LogP contribution in [0.4, 0.5) is 0 Å². The average molecular weight is 407 g/mol. The molecule has 0 aromatic carbocycles. The smallest absolute Gasteiger partial charge is 0.237 e. The fourth-order valence-electron chi connectivity index (χ4n) is 4.13. The predicted molar refractivity (Wildman–Crippen MR) is 103 cm³/mol. The Morgan fingerprint density at radius 2 is 1.96 bits per heavy atom. The minimum Gasteiger partial charge on any atom is -0.391 e. The number of ether oxygens (including phenoxy) is 1. The normalized spacial score (nSPS) is 39.9. The average Bonchev–Trinajstić information content (AvgIpc) is 2.99. The Balaban J connectivity index is 2.09. The summed E-state index contributed by atoms with van der Waals surface area (Å²) in [6.45, 7) is 4.48. The molecular weight excluding hydrogens is 372 g/mol. The molecule has 0 unspecified atom stereocenters. The van der Waals surface area contributed by atoms with Gasteiger partial charge < -0.3 is 30.5 Å². The van der Waals surface area contributed by atoms with Gasteiger partial charge in [0.1, 0.15) is 29.9 Å². The molecular formula is C18H34N2O6S. The molecule has 158 valence electrons. The molecule has 0 aromatic rings. The van der Waals surface area contributed by atoms with Crippen LogP contribution in [-0.4, -0.2) is 99.1 Å². The molecule has 0 aromatic heterocycles. The van der Waals surface area contributed by atoms with Crippen LogP contribution >= 0.6 is 11.8 Å². The largest absolute Gasteiger partial charge is 0.391 e. The van der Waals surface area contributed by atoms with Crippen LogP contribution in [0.25, 0.3) is 0 Å². The van der Waals surface area contributed by atoms with E-state index in [0.717, 1.165) is 25.8 Å². The SMILES string of the molecule is CCC[C@H]1C[C@H](C(=O)N[C@H]([C@@H]2O[C@@H](SC)[C@@H](O)[C@H](O)[C@@H]2O)[C@H](C)O)N(C)C1. The van der Waals surface area contributed by atoms with Crippen molar-refractivity contribution in [3.05, 3.63) is 0 Å². The maximum atomic E-state index is 12.8. The number of nitrogens with one attached hydrogen (secondary N) is 1. The molecule has 0 spiro atoms. The van der Waals surface area contributed by atoms with Crippen LogP contribution in [0.2, 0.25) is 0 Å². The molecule has 0 bridgehead atoms. The lowest BCUT2D eigenvalue weighted by Gasteiger charge is -2.44. The van der Waals surface area contributed by atoms with E-state index in [1.807, 2.05) is 11.9 Å². The van der Waals surface area contributed by atoms with Crippen molar-refractivity contribution in [2.75, 3.05) is 19.8 Å². The van der Waals surface area contributed by atoms with Gasteiger partial charge in [-0.2, -0.15) is 0 Å². The van der Waals surface area contributed by atoms with Crippen molar-refractivity contribution >= 4 is 17.7 Å². The summed E-state index contributed by atoms with van der Waals surface area (Å²) in [6.07, 6.45) is -1.50. The first-order chi connectivity index (χ1) is 12.7. The highest BCUT2D eigenvalue weighted by molar-refractivity contribution is 7.99. The highest BCUT2D eigenvalue weighted by atomic mass is 32.2. The number of likely N-dealkylation sites (tertiary alicyclic amines) is 1. The minimum absolute atomic E-state index is 0.223. The van der Waals surface area contributed by atoms with E-state index in [1.54, 1.807) is 6.26 Å². The van der Waals surface area contributed by atoms with Gasteiger partial charge in [0.15, 0.2) is 0 Å². The first kappa shape index (κ1) is 22.9. The number of aliphatic hydroxyl groups is 4. The number of aliphatic hydroxyl groups excluding tert-OH is 4. The van der Waals surface area contributed by atoms with Crippen molar-refractivity contribution in [3.63, 3.8) is 0 Å². The van der Waals surface area contributed by atoms with E-state index in [0.29, 0.717) is 5.92 Å². The molecule has 2 saturated heterocycles. The van der Waals surface area contributed by atoms with E-state index in [2.05, 4.69) is 12.2 Å². The molecule has 0 radical (unpaired) electrons. The first-order valence-corrected chi connectivity index (χ1v) is 10.9. The van der Waals surface area contributed by atoms with Crippen LogP contribution in [0, 0.1) is 5.92 Å². The standard InChI is InChI=1S/C18H34N2O6S/c1-5-6-10-7-11(20(3)8-10)17(25)19-12(9(2)21)16-14(23)13(22)15(24)18(26-16)27-4/h9-16,18,21-24H,5-8H2,1-4H3,(H,19,25)/t9-,10-,11+,12-,13+,14-,15-,16-,18-/m0/s1. The van der Waals surface area contributed by atoms with E-state index >= 15 is 0 Å². The van der Waals surface area contributed by atoms with Crippen LogP contribution in [-0.2, 0) is 9.53 Å². The van der Waals surface area contributed by atoms with Gasteiger partial charge in [-0.1, -0.05) is 13.3 Å². The Bertz CT molecular complexity index is 494. The lowest BCUT2D eigenvalue weighted by molar-refractivity contribution is -0.211. The number of carbonyl (C=O) groups excluding carboxylic acids is 1. The molecule has 2 heterocycles. The number of amides is 1. The molecule has 2 aliphatic rings. The fourth-order valence-corrected chi connectivity index (χ4v) is 4.81. The maximum absolute atomic E-state index is 12.8. The number of nitrogens with zero attached hydrogens (tertiary/aromatic N) is 1. The van der Waals surface area contributed by atoms with Gasteiger partial charge in [-0.25, -0.2) is 0 Å². The van der Waals surface area contributed by atoms with Crippen LogP contribution < -0.4 is 5.32 Å². The zero-order valence-electron chi connectivity index (χ0n) is 16.5. The fraction of sp³-hybridized carbons (Fsp3) is 0.944. The number of carbonyl (C=O) groups is 1. The summed E-state index contributed by atoms with van der Waals surface area (Å²) in [5, 5.41) is 43.5. The minimum atomic E-state index is -1.42. The zero-order valence-corrected chi connectivity index (χ0v) is 17.3. The van der Waals surface area contributed by atoms with E-state index in [-0.39, 0.29) is 11.9 Å². The third kappa shape index (κ3) is 5.14. The van der Waals surface area contributed by atoms with Crippen LogP contribution in [0.5, 0.6) is 0 Å². The van der Waals surface area contributed by atoms with Gasteiger partial charge in [0, 0.05) is 6.54 Å². The first-order valence-electron chi connectivity index (χ1n) is 9.62. The molecule has 2 rings (SSSR count). The van der Waals surface area contributed by atoms with Crippen LogP contribution in [0.3, 0.4) is 0 Å². The molecule has 2 fully saturated rings. The van der Waals surface area contributed by atoms with Gasteiger partial charge in [-0.15, -0.1) is 11.8 Å². The molecule has 2 aliphatic heterocycles. The summed E-state index contributed by atoms with van der Waals surface area (Å²) >= 11 is 1.20. The Hall–Kier alpha value is -0.420. The summed E-state index contributed by atoms with van der Waals surface area (Å²) in [6, 6.07) is -1.20. The van der Waals surface area contributed by atoms with Crippen LogP contribution in [0.1, 0.15) is 33.1 Å². The Morgan fingerprint density at radius 3 is 2.52 bits per heavy atom. The second-order valence-corrected chi connectivity index (χ2v) is 8.73. The molecule has 27 heavy (non-hydrogen) atoms. The number of thioether (sulfide) groups is 1. The van der Waals surface area contributed by atoms with Crippen molar-refractivity contribution in [3.8, 4) is 0 Å². The Labute approximate surface area is 165 Å². The monoisotopic (exact) mass is 406 g/mol. The molecule has 1 amide bonds. The molecule has 9 heteroatoms. The van der Waals surface area contributed by atoms with Gasteiger partial charge in [-0.05, 0) is 39.0 Å². The van der Waals surface area contributed by atoms with E-state index in [9.17, 15) is 25.2 Å². The van der Waals surface area contributed by atoms with Crippen molar-refractivity contribution in [1.29, 1.82) is 0 Å². The number of rotatable bonds is 7. The molecule has 5 N–H and O–H groups in total. The van der Waals surface area contributed by atoms with Crippen molar-refractivity contribution in [1.82, 2.24) is 10.2 Å². The predicted octanol–water partition coefficient (Wildman–Crippen LogP) is -0.857. The van der Waals surface area contributed by atoms with Crippen molar-refractivity contribution in [2.45, 2.75) is 81.1 Å². The lowest BCUT2D eigenvalue weighted by atomic mass is 9.92. The molecule has 0 aliphatic carbocycles. The summed E-state index contributed by atoms with van der Waals surface area (Å²) in [4.78, 5) is 14.9. The van der Waals surface area contributed by atoms with Gasteiger partial charge >= 0.3 is 0 Å². The second kappa shape index (κ2) is 9.87. The van der Waals surface area contributed by atoms with Gasteiger partial charge in [0.2, 0.25) is 5.91 Å². The highest BCUT2D eigenvalue weighted by Gasteiger charge is 2.48. The van der Waals surface area contributed by atoms with E-state index in [1.165, 1.54) is 18.7 Å². The summed E-state index contributed by atoms with van der Waals surface area (Å²) in [5.41, 5.74) is -0.755. The summed E-state index contributed by atoms with van der Waals surface area (Å²) in [5.74, 6) is 0.245. The summed E-state index contributed by atoms with van der Waals surface area (Å²) < 4.78 is 5.72. The second-order valence-electron chi connectivity index (χ2n) is 7.80. The number of hydrogen-bond acceptors (Lipinski definition) is 8. The number of hydrogen-bond donors (Lipinski definition) is 5. The van der Waals surface area contributed by atoms with Crippen molar-refractivity contribution in [2.24, 2.45) is 5.92 Å². The summed E-state index contributed by atoms with van der Waals surface area (Å²) in [7, 11) is 1.91. The quantitative estimate of drug-likeness (QED) is 0.370. The topological polar surface area (TPSA) is 122 Å². The number of likely N-dealkylation sites (N-methyl/N-ethyl adjacent to an activating group) is 1. The van der Waals surface area contributed by atoms with Gasteiger partial charge in [-0.3, -0.25) is 9.69 Å². The Kier molecular flexibility index (Phi) is 8.35. The lowest BCUT2D eigenvalue weighted by Crippen LogP contribution is -2.65. The molecule has 8 nitrogen and oxygen atoms in total. The Morgan fingerprint density at radius 1 is 1.30 bits per heavy atom. The van der Waals surface area contributed by atoms with Crippen molar-refractivity contribution < 1.29 is 30.0 Å². The third-order valence-corrected chi connectivity index (χ3v) is 6.51. The third-order valence-electron chi connectivity index (χ3n) is 5.66. The van der Waals surface area contributed by atoms with Gasteiger partial charge in [0.25, 0.3) is 0 Å². The molecule has 0 saturated carbocycles. The molecule has 9 atom stereocenters. The highest BCUT2D eigenvalue weighted by Crippen LogP contribution is 2.30. The maximum Gasteiger partial charge on any atom is 0.237 e. The van der Waals surface area contributed by atoms with Crippen LogP contribution in [0.15, 0.2) is 0 Å². The van der Waals surface area contributed by atoms with E-state index in [4.69, 9.17) is 4.74 Å². The zero-order chi connectivity index (χ0) is 20.3. The van der Waals surface area contributed by atoms with Gasteiger partial charge in [0.05, 0.1) is 18.2 Å². The van der Waals surface area contributed by atoms with E-state index < -0.39 is 42.0 Å².